The highest BCUT2D eigenvalue weighted by molar-refractivity contribution is 5.54. The molecule has 0 aliphatic heterocycles. The summed E-state index contributed by atoms with van der Waals surface area (Å²) in [6.07, 6.45) is 3.91. The molecule has 0 bridgehead atoms. The van der Waals surface area contributed by atoms with Crippen LogP contribution in [0.1, 0.15) is 25.1 Å². The predicted molar refractivity (Wildman–Crippen MR) is 66.2 cm³/mol. The van der Waals surface area contributed by atoms with Crippen LogP contribution in [0.3, 0.4) is 0 Å². The Kier molecular flexibility index (Phi) is 3.30. The molecule has 0 saturated heterocycles. The highest BCUT2D eigenvalue weighted by atomic mass is 14.8. The van der Waals surface area contributed by atoms with Gasteiger partial charge in [-0.25, -0.2) is 0 Å². The average Bonchev–Trinajstić information content (AvgIpc) is 2.39. The van der Waals surface area contributed by atoms with Gasteiger partial charge in [-0.2, -0.15) is 0 Å². The summed E-state index contributed by atoms with van der Waals surface area (Å²) in [5.74, 6) is 0. The molecule has 0 unspecified atom stereocenters. The molecule has 0 aromatic carbocycles. The Morgan fingerprint density at radius 1 is 0.938 bits per heavy atom. The molecule has 2 heterocycles. The van der Waals surface area contributed by atoms with Gasteiger partial charge in [0.05, 0.1) is 11.4 Å². The van der Waals surface area contributed by atoms with E-state index >= 15 is 0 Å². The monoisotopic (exact) mass is 212 g/mol. The minimum absolute atomic E-state index is 0.951. The Morgan fingerprint density at radius 3 is 2.44 bits per heavy atom. The molecular formula is C14H16N2. The van der Waals surface area contributed by atoms with Crippen LogP contribution in [0.15, 0.2) is 36.5 Å². The van der Waals surface area contributed by atoms with Crippen LogP contribution >= 0.6 is 0 Å². The maximum atomic E-state index is 4.55. The zero-order valence-corrected chi connectivity index (χ0v) is 9.77. The second-order valence-corrected chi connectivity index (χ2v) is 3.77. The van der Waals surface area contributed by atoms with Crippen LogP contribution in [0.25, 0.3) is 11.4 Å². The largest absolute Gasteiger partial charge is 0.254 e. The minimum atomic E-state index is 0.951. The summed E-state index contributed by atoms with van der Waals surface area (Å²) < 4.78 is 0. The second kappa shape index (κ2) is 4.88. The lowest BCUT2D eigenvalue weighted by molar-refractivity contribution is 1.03. The molecular weight excluding hydrogens is 196 g/mol. The number of aryl methyl sites for hydroxylation is 2. The lowest BCUT2D eigenvalue weighted by atomic mass is 10.1. The van der Waals surface area contributed by atoms with E-state index in [4.69, 9.17) is 0 Å². The van der Waals surface area contributed by atoms with Crippen molar-refractivity contribution in [1.29, 1.82) is 0 Å². The normalized spacial score (nSPS) is 10.4. The molecule has 0 fully saturated rings. The van der Waals surface area contributed by atoms with Crippen molar-refractivity contribution in [2.24, 2.45) is 0 Å². The fourth-order valence-electron chi connectivity index (χ4n) is 1.60. The van der Waals surface area contributed by atoms with Crippen molar-refractivity contribution >= 4 is 0 Å². The summed E-state index contributed by atoms with van der Waals surface area (Å²) in [6.45, 7) is 4.24. The maximum Gasteiger partial charge on any atom is 0.0889 e. The van der Waals surface area contributed by atoms with Gasteiger partial charge in [-0.15, -0.1) is 0 Å². The standard InChI is InChI=1S/C14H16N2/c1-3-11-8-9-13(15-10-11)14-7-5-6-12(4-2)16-14/h5-10H,3-4H2,1-2H3. The number of hydrogen-bond acceptors (Lipinski definition) is 2. The van der Waals surface area contributed by atoms with Crippen molar-refractivity contribution in [3.63, 3.8) is 0 Å². The van der Waals surface area contributed by atoms with Crippen molar-refractivity contribution < 1.29 is 0 Å². The van der Waals surface area contributed by atoms with Crippen molar-refractivity contribution in [2.45, 2.75) is 26.7 Å². The first-order valence-electron chi connectivity index (χ1n) is 5.74. The van der Waals surface area contributed by atoms with Gasteiger partial charge in [0.1, 0.15) is 0 Å². The summed E-state index contributed by atoms with van der Waals surface area (Å²) >= 11 is 0. The summed E-state index contributed by atoms with van der Waals surface area (Å²) in [4.78, 5) is 8.99. The minimum Gasteiger partial charge on any atom is -0.254 e. The third-order valence-electron chi connectivity index (χ3n) is 2.66. The smallest absolute Gasteiger partial charge is 0.0889 e. The molecule has 16 heavy (non-hydrogen) atoms. The van der Waals surface area contributed by atoms with Gasteiger partial charge in [0, 0.05) is 11.9 Å². The van der Waals surface area contributed by atoms with Gasteiger partial charge in [0.15, 0.2) is 0 Å². The summed E-state index contributed by atoms with van der Waals surface area (Å²) in [5.41, 5.74) is 4.28. The van der Waals surface area contributed by atoms with Gasteiger partial charge in [0.2, 0.25) is 0 Å². The number of aromatic nitrogens is 2. The van der Waals surface area contributed by atoms with Crippen LogP contribution in [-0.2, 0) is 12.8 Å². The summed E-state index contributed by atoms with van der Waals surface area (Å²) in [6, 6.07) is 10.2. The third kappa shape index (κ3) is 2.27. The molecule has 2 heteroatoms. The molecule has 2 aromatic rings. The highest BCUT2D eigenvalue weighted by Gasteiger charge is 2.01. The van der Waals surface area contributed by atoms with E-state index in [1.54, 1.807) is 0 Å². The van der Waals surface area contributed by atoms with Crippen molar-refractivity contribution in [3.05, 3.63) is 47.8 Å². The van der Waals surface area contributed by atoms with E-state index in [9.17, 15) is 0 Å². The molecule has 82 valence electrons. The average molecular weight is 212 g/mol. The Bertz CT molecular complexity index is 460. The van der Waals surface area contributed by atoms with Crippen LogP contribution in [0.2, 0.25) is 0 Å². The second-order valence-electron chi connectivity index (χ2n) is 3.77. The number of rotatable bonds is 3. The fourth-order valence-corrected chi connectivity index (χ4v) is 1.60. The van der Waals surface area contributed by atoms with Gasteiger partial charge in [0.25, 0.3) is 0 Å². The van der Waals surface area contributed by atoms with E-state index in [1.807, 2.05) is 30.5 Å². The molecule has 2 rings (SSSR count). The van der Waals surface area contributed by atoms with E-state index in [0.29, 0.717) is 0 Å². The van der Waals surface area contributed by atoms with E-state index in [-0.39, 0.29) is 0 Å². The zero-order chi connectivity index (χ0) is 11.4. The lowest BCUT2D eigenvalue weighted by Crippen LogP contribution is -1.92. The SMILES string of the molecule is CCc1ccc(-c2cccc(CC)n2)nc1. The van der Waals surface area contributed by atoms with Gasteiger partial charge < -0.3 is 0 Å². The van der Waals surface area contributed by atoms with E-state index in [1.165, 1.54) is 5.56 Å². The van der Waals surface area contributed by atoms with E-state index in [0.717, 1.165) is 29.9 Å². The lowest BCUT2D eigenvalue weighted by Gasteiger charge is -2.03. The zero-order valence-electron chi connectivity index (χ0n) is 9.77. The molecule has 0 N–H and O–H groups in total. The van der Waals surface area contributed by atoms with Crippen LogP contribution in [0.4, 0.5) is 0 Å². The van der Waals surface area contributed by atoms with Gasteiger partial charge in [-0.05, 0) is 36.6 Å². The quantitative estimate of drug-likeness (QED) is 0.780. The molecule has 2 aromatic heterocycles. The third-order valence-corrected chi connectivity index (χ3v) is 2.66. The Hall–Kier alpha value is -1.70. The highest BCUT2D eigenvalue weighted by Crippen LogP contribution is 2.15. The van der Waals surface area contributed by atoms with Gasteiger partial charge >= 0.3 is 0 Å². The molecule has 2 nitrogen and oxygen atoms in total. The van der Waals surface area contributed by atoms with Gasteiger partial charge in [-0.3, -0.25) is 9.97 Å². The topological polar surface area (TPSA) is 25.8 Å². The van der Waals surface area contributed by atoms with Crippen molar-refractivity contribution in [3.8, 4) is 11.4 Å². The van der Waals surface area contributed by atoms with Crippen molar-refractivity contribution in [1.82, 2.24) is 9.97 Å². The molecule has 0 radical (unpaired) electrons. The molecule has 0 saturated carbocycles. The summed E-state index contributed by atoms with van der Waals surface area (Å²) in [7, 11) is 0. The number of hydrogen-bond donors (Lipinski definition) is 0. The van der Waals surface area contributed by atoms with Crippen LogP contribution < -0.4 is 0 Å². The molecule has 0 spiro atoms. The number of pyridine rings is 2. The predicted octanol–water partition coefficient (Wildman–Crippen LogP) is 3.27. The first kappa shape index (κ1) is 10.8. The molecule has 0 aliphatic carbocycles. The molecule has 0 amide bonds. The molecule has 0 atom stereocenters. The maximum absolute atomic E-state index is 4.55. The summed E-state index contributed by atoms with van der Waals surface area (Å²) in [5, 5.41) is 0. The fraction of sp³-hybridized carbons (Fsp3) is 0.286. The first-order chi connectivity index (χ1) is 7.83. The van der Waals surface area contributed by atoms with Crippen LogP contribution in [-0.4, -0.2) is 9.97 Å². The Balaban J connectivity index is 2.34. The molecule has 0 aliphatic rings. The Morgan fingerprint density at radius 2 is 1.81 bits per heavy atom. The van der Waals surface area contributed by atoms with Crippen molar-refractivity contribution in [2.75, 3.05) is 0 Å². The number of nitrogens with zero attached hydrogens (tertiary/aromatic N) is 2. The van der Waals surface area contributed by atoms with Crippen LogP contribution in [0.5, 0.6) is 0 Å². The first-order valence-corrected chi connectivity index (χ1v) is 5.74. The van der Waals surface area contributed by atoms with Crippen LogP contribution in [0, 0.1) is 0 Å². The van der Waals surface area contributed by atoms with E-state index < -0.39 is 0 Å². The van der Waals surface area contributed by atoms with Gasteiger partial charge in [-0.1, -0.05) is 26.0 Å². The van der Waals surface area contributed by atoms with E-state index in [2.05, 4.69) is 29.9 Å². The Labute approximate surface area is 96.4 Å².